The molecule has 6 aromatic carbocycles. The first-order chi connectivity index (χ1) is 21.8. The van der Waals surface area contributed by atoms with Crippen LogP contribution in [0.3, 0.4) is 0 Å². The van der Waals surface area contributed by atoms with Crippen LogP contribution in [0.15, 0.2) is 148 Å². The summed E-state index contributed by atoms with van der Waals surface area (Å²) in [4.78, 5) is 14.7. The number of aromatic nitrogens is 3. The zero-order valence-electron chi connectivity index (χ0n) is 23.4. The molecule has 5 heteroatoms. The second kappa shape index (κ2) is 9.75. The topological polar surface area (TPSA) is 65.0 Å². The number of rotatable bonds is 4. The molecule has 0 unspecified atom stereocenters. The van der Waals surface area contributed by atoms with E-state index in [1.807, 2.05) is 97.1 Å². The number of hydrogen-bond donors (Lipinski definition) is 0. The molecule has 5 nitrogen and oxygen atoms in total. The van der Waals surface area contributed by atoms with E-state index in [2.05, 4.69) is 42.5 Å². The normalized spacial score (nSPS) is 11.6. The van der Waals surface area contributed by atoms with Gasteiger partial charge in [-0.2, -0.15) is 0 Å². The van der Waals surface area contributed by atoms with E-state index in [-0.39, 0.29) is 0 Å². The van der Waals surface area contributed by atoms with Crippen molar-refractivity contribution in [3.05, 3.63) is 140 Å². The van der Waals surface area contributed by atoms with Gasteiger partial charge in [-0.1, -0.05) is 115 Å². The highest BCUT2D eigenvalue weighted by Crippen LogP contribution is 2.40. The molecule has 206 valence electrons. The summed E-state index contributed by atoms with van der Waals surface area (Å²) in [5.41, 5.74) is 8.08. The highest BCUT2D eigenvalue weighted by Gasteiger charge is 2.19. The first kappa shape index (κ1) is 24.5. The van der Waals surface area contributed by atoms with Gasteiger partial charge in [-0.05, 0) is 29.8 Å². The Morgan fingerprint density at radius 3 is 1.57 bits per heavy atom. The van der Waals surface area contributed by atoms with E-state index < -0.39 is 0 Å². The standard InChI is InChI=1S/C39H23N3O2/c1-3-11-24(12-4-1)37-40-38(25-13-5-2-6-14-25)42-39(41-37)31-19-10-18-30-32-23-26(21-22-34(32)44-36(30)31)27-16-9-17-29-28-15-7-8-20-33(28)43-35(27)29/h1-23H. The van der Waals surface area contributed by atoms with E-state index in [4.69, 9.17) is 23.8 Å². The van der Waals surface area contributed by atoms with Gasteiger partial charge in [-0.25, -0.2) is 15.0 Å². The van der Waals surface area contributed by atoms with Crippen LogP contribution in [0.5, 0.6) is 0 Å². The van der Waals surface area contributed by atoms with E-state index in [0.717, 1.165) is 71.7 Å². The monoisotopic (exact) mass is 565 g/mol. The fraction of sp³-hybridized carbons (Fsp3) is 0. The van der Waals surface area contributed by atoms with Crippen LogP contribution in [0, 0.1) is 0 Å². The zero-order valence-corrected chi connectivity index (χ0v) is 23.4. The maximum atomic E-state index is 6.53. The van der Waals surface area contributed by atoms with Crippen LogP contribution < -0.4 is 0 Å². The molecule has 0 aliphatic carbocycles. The third kappa shape index (κ3) is 3.91. The van der Waals surface area contributed by atoms with Crippen molar-refractivity contribution in [1.29, 1.82) is 0 Å². The number of nitrogens with zero attached hydrogens (tertiary/aromatic N) is 3. The minimum atomic E-state index is 0.564. The van der Waals surface area contributed by atoms with Crippen molar-refractivity contribution in [3.8, 4) is 45.3 Å². The van der Waals surface area contributed by atoms with Crippen molar-refractivity contribution >= 4 is 43.9 Å². The number of para-hydroxylation sites is 3. The fourth-order valence-corrected chi connectivity index (χ4v) is 6.05. The van der Waals surface area contributed by atoms with Crippen LogP contribution in [0.4, 0.5) is 0 Å². The lowest BCUT2D eigenvalue weighted by Crippen LogP contribution is -2.00. The fourth-order valence-electron chi connectivity index (χ4n) is 6.05. The Balaban J connectivity index is 1.24. The molecule has 0 bridgehead atoms. The van der Waals surface area contributed by atoms with E-state index in [1.54, 1.807) is 0 Å². The minimum Gasteiger partial charge on any atom is -0.455 e. The molecule has 9 aromatic rings. The molecular weight excluding hydrogens is 542 g/mol. The van der Waals surface area contributed by atoms with Crippen LogP contribution in [-0.4, -0.2) is 15.0 Å². The SMILES string of the molecule is c1ccc(-c2nc(-c3ccccc3)nc(-c3cccc4c3oc3ccc(-c5cccc6c5oc5ccccc56)cc34)n2)cc1. The van der Waals surface area contributed by atoms with E-state index >= 15 is 0 Å². The molecule has 9 rings (SSSR count). The van der Waals surface area contributed by atoms with Gasteiger partial charge in [0.05, 0.1) is 5.56 Å². The van der Waals surface area contributed by atoms with Gasteiger partial charge in [0, 0.05) is 38.2 Å². The van der Waals surface area contributed by atoms with Gasteiger partial charge in [-0.15, -0.1) is 0 Å². The molecule has 0 fully saturated rings. The summed E-state index contributed by atoms with van der Waals surface area (Å²) in [6.45, 7) is 0. The summed E-state index contributed by atoms with van der Waals surface area (Å²) in [7, 11) is 0. The average molecular weight is 566 g/mol. The lowest BCUT2D eigenvalue weighted by Gasteiger charge is -2.08. The van der Waals surface area contributed by atoms with Crippen LogP contribution in [0.1, 0.15) is 0 Å². The summed E-state index contributed by atoms with van der Waals surface area (Å²) in [5, 5.41) is 4.24. The smallest absolute Gasteiger partial charge is 0.167 e. The second-order valence-electron chi connectivity index (χ2n) is 10.8. The van der Waals surface area contributed by atoms with Crippen molar-refractivity contribution in [2.75, 3.05) is 0 Å². The zero-order chi connectivity index (χ0) is 29.0. The van der Waals surface area contributed by atoms with Crippen molar-refractivity contribution < 1.29 is 8.83 Å². The number of furan rings is 2. The molecule has 0 radical (unpaired) electrons. The predicted molar refractivity (Wildman–Crippen MR) is 176 cm³/mol. The quantitative estimate of drug-likeness (QED) is 0.212. The number of benzene rings is 6. The molecule has 0 N–H and O–H groups in total. The van der Waals surface area contributed by atoms with Gasteiger partial charge in [0.1, 0.15) is 22.3 Å². The second-order valence-corrected chi connectivity index (χ2v) is 10.8. The average Bonchev–Trinajstić information content (AvgIpc) is 3.67. The van der Waals surface area contributed by atoms with Gasteiger partial charge >= 0.3 is 0 Å². The lowest BCUT2D eigenvalue weighted by molar-refractivity contribution is 0.668. The first-order valence-corrected chi connectivity index (χ1v) is 14.5. The number of fused-ring (bicyclic) bond motifs is 6. The van der Waals surface area contributed by atoms with Gasteiger partial charge in [0.25, 0.3) is 0 Å². The third-order valence-electron chi connectivity index (χ3n) is 8.15. The Bertz CT molecular complexity index is 2440. The van der Waals surface area contributed by atoms with E-state index in [9.17, 15) is 0 Å². The molecule has 0 aliphatic heterocycles. The Labute approximate surface area is 252 Å². The Morgan fingerprint density at radius 1 is 0.341 bits per heavy atom. The van der Waals surface area contributed by atoms with Crippen molar-refractivity contribution in [1.82, 2.24) is 15.0 Å². The molecule has 0 saturated carbocycles. The van der Waals surface area contributed by atoms with Crippen molar-refractivity contribution in [2.45, 2.75) is 0 Å². The van der Waals surface area contributed by atoms with Gasteiger partial charge in [0.15, 0.2) is 17.5 Å². The van der Waals surface area contributed by atoms with Crippen LogP contribution >= 0.6 is 0 Å². The first-order valence-electron chi connectivity index (χ1n) is 14.5. The maximum absolute atomic E-state index is 6.53. The Hall–Kier alpha value is -6.07. The molecule has 3 aromatic heterocycles. The molecule has 0 saturated heterocycles. The van der Waals surface area contributed by atoms with Crippen molar-refractivity contribution in [2.24, 2.45) is 0 Å². The van der Waals surface area contributed by atoms with E-state index in [1.165, 1.54) is 0 Å². The van der Waals surface area contributed by atoms with Crippen LogP contribution in [0.25, 0.3) is 89.2 Å². The summed E-state index contributed by atoms with van der Waals surface area (Å²) in [6, 6.07) is 46.9. The molecular formula is C39H23N3O2. The summed E-state index contributed by atoms with van der Waals surface area (Å²) < 4.78 is 12.9. The summed E-state index contributed by atoms with van der Waals surface area (Å²) in [5.74, 6) is 1.79. The van der Waals surface area contributed by atoms with Crippen molar-refractivity contribution in [3.63, 3.8) is 0 Å². The minimum absolute atomic E-state index is 0.564. The predicted octanol–water partition coefficient (Wildman–Crippen LogP) is 10.3. The molecule has 3 heterocycles. The largest absolute Gasteiger partial charge is 0.455 e. The molecule has 44 heavy (non-hydrogen) atoms. The molecule has 0 spiro atoms. The highest BCUT2D eigenvalue weighted by atomic mass is 16.3. The lowest BCUT2D eigenvalue weighted by atomic mass is 10.00. The van der Waals surface area contributed by atoms with Gasteiger partial charge < -0.3 is 8.83 Å². The molecule has 0 amide bonds. The highest BCUT2D eigenvalue weighted by molar-refractivity contribution is 6.13. The number of hydrogen-bond acceptors (Lipinski definition) is 5. The Morgan fingerprint density at radius 2 is 0.864 bits per heavy atom. The Kier molecular flexibility index (Phi) is 5.43. The van der Waals surface area contributed by atoms with Crippen LogP contribution in [-0.2, 0) is 0 Å². The van der Waals surface area contributed by atoms with Crippen LogP contribution in [0.2, 0.25) is 0 Å². The van der Waals surface area contributed by atoms with E-state index in [0.29, 0.717) is 17.5 Å². The molecule has 0 atom stereocenters. The van der Waals surface area contributed by atoms with Gasteiger partial charge in [-0.3, -0.25) is 0 Å². The summed E-state index contributed by atoms with van der Waals surface area (Å²) >= 11 is 0. The van der Waals surface area contributed by atoms with Gasteiger partial charge in [0.2, 0.25) is 0 Å². The summed E-state index contributed by atoms with van der Waals surface area (Å²) in [6.07, 6.45) is 0. The third-order valence-corrected chi connectivity index (χ3v) is 8.15. The maximum Gasteiger partial charge on any atom is 0.167 e. The molecule has 0 aliphatic rings.